The zero-order chi connectivity index (χ0) is 7.82. The second kappa shape index (κ2) is 5.90. The molecule has 54 valence electrons. The van der Waals surface area contributed by atoms with Crippen LogP contribution in [0.15, 0.2) is 12.7 Å². The van der Waals surface area contributed by atoms with Crippen molar-refractivity contribution in [3.8, 4) is 11.8 Å². The van der Waals surface area contributed by atoms with Crippen molar-refractivity contribution in [2.24, 2.45) is 0 Å². The van der Waals surface area contributed by atoms with Gasteiger partial charge >= 0.3 is 5.97 Å². The van der Waals surface area contributed by atoms with Crippen molar-refractivity contribution in [1.29, 1.82) is 0 Å². The summed E-state index contributed by atoms with van der Waals surface area (Å²) in [6.45, 7) is 5.35. The Morgan fingerprint density at radius 3 is 3.00 bits per heavy atom. The lowest BCUT2D eigenvalue weighted by molar-refractivity contribution is -0.141. The Labute approximate surface area is 60.9 Å². The third kappa shape index (κ3) is 4.92. The maximum absolute atomic E-state index is 10.6. The van der Waals surface area contributed by atoms with Gasteiger partial charge in [-0.3, -0.25) is 4.79 Å². The number of carbonyl (C=O) groups excluding carboxylic acids is 1. The molecule has 0 saturated carbocycles. The summed E-state index contributed by atoms with van der Waals surface area (Å²) in [5.74, 6) is 4.90. The minimum atomic E-state index is -0.297. The highest BCUT2D eigenvalue weighted by Gasteiger charge is 1.95. The first kappa shape index (κ1) is 8.77. The number of esters is 1. The number of hydrogen-bond acceptors (Lipinski definition) is 2. The highest BCUT2D eigenvalue weighted by atomic mass is 16.5. The fourth-order valence-electron chi connectivity index (χ4n) is 0.363. The molecule has 0 bridgehead atoms. The summed E-state index contributed by atoms with van der Waals surface area (Å²) in [7, 11) is 0. The molecule has 0 aromatic carbocycles. The van der Waals surface area contributed by atoms with Crippen LogP contribution in [-0.2, 0) is 9.53 Å². The SMILES string of the molecule is C=CCOC(=O)CC#CC. The van der Waals surface area contributed by atoms with Gasteiger partial charge in [0.15, 0.2) is 0 Å². The molecule has 0 aliphatic heterocycles. The molecule has 0 heterocycles. The summed E-state index contributed by atoms with van der Waals surface area (Å²) in [4.78, 5) is 10.6. The number of hydrogen-bond donors (Lipinski definition) is 0. The first-order valence-corrected chi connectivity index (χ1v) is 2.97. The molecule has 0 atom stereocenters. The molecule has 2 heteroatoms. The Morgan fingerprint density at radius 1 is 1.80 bits per heavy atom. The van der Waals surface area contributed by atoms with Crippen LogP contribution in [0.4, 0.5) is 0 Å². The number of rotatable bonds is 3. The van der Waals surface area contributed by atoms with Crippen molar-refractivity contribution in [3.63, 3.8) is 0 Å². The van der Waals surface area contributed by atoms with E-state index >= 15 is 0 Å². The van der Waals surface area contributed by atoms with E-state index in [9.17, 15) is 4.79 Å². The van der Waals surface area contributed by atoms with Crippen molar-refractivity contribution in [2.75, 3.05) is 6.61 Å². The maximum Gasteiger partial charge on any atom is 0.318 e. The lowest BCUT2D eigenvalue weighted by atomic mass is 10.4. The molecule has 0 aromatic heterocycles. The number of carbonyl (C=O) groups is 1. The highest BCUT2D eigenvalue weighted by Crippen LogP contribution is 1.83. The molecule has 0 aromatic rings. The van der Waals surface area contributed by atoms with E-state index in [-0.39, 0.29) is 19.0 Å². The molecular formula is C8H10O2. The van der Waals surface area contributed by atoms with E-state index in [2.05, 4.69) is 23.2 Å². The minimum Gasteiger partial charge on any atom is -0.461 e. The van der Waals surface area contributed by atoms with Gasteiger partial charge in [0.25, 0.3) is 0 Å². The van der Waals surface area contributed by atoms with Crippen LogP contribution in [0.1, 0.15) is 13.3 Å². The second-order valence-corrected chi connectivity index (χ2v) is 1.58. The van der Waals surface area contributed by atoms with Crippen LogP contribution in [-0.4, -0.2) is 12.6 Å². The lowest BCUT2D eigenvalue weighted by Gasteiger charge is -1.94. The predicted molar refractivity (Wildman–Crippen MR) is 39.2 cm³/mol. The molecule has 2 nitrogen and oxygen atoms in total. The van der Waals surface area contributed by atoms with E-state index in [1.54, 1.807) is 6.92 Å². The van der Waals surface area contributed by atoms with Crippen LogP contribution in [0.25, 0.3) is 0 Å². The fourth-order valence-corrected chi connectivity index (χ4v) is 0.363. The molecule has 0 N–H and O–H groups in total. The molecule has 0 unspecified atom stereocenters. The summed E-state index contributed by atoms with van der Waals surface area (Å²) < 4.78 is 4.63. The van der Waals surface area contributed by atoms with E-state index in [0.29, 0.717) is 0 Å². The summed E-state index contributed by atoms with van der Waals surface area (Å²) >= 11 is 0. The van der Waals surface area contributed by atoms with Gasteiger partial charge in [0.05, 0.1) is 0 Å². The zero-order valence-electron chi connectivity index (χ0n) is 6.02. The van der Waals surface area contributed by atoms with Gasteiger partial charge in [-0.1, -0.05) is 18.6 Å². The Hall–Kier alpha value is -1.23. The van der Waals surface area contributed by atoms with Gasteiger partial charge in [-0.25, -0.2) is 0 Å². The van der Waals surface area contributed by atoms with Gasteiger partial charge in [-0.15, -0.1) is 5.92 Å². The second-order valence-electron chi connectivity index (χ2n) is 1.58. The Kier molecular flexibility index (Phi) is 5.17. The lowest BCUT2D eigenvalue weighted by Crippen LogP contribution is -2.02. The molecule has 0 amide bonds. The average molecular weight is 138 g/mol. The largest absolute Gasteiger partial charge is 0.461 e. The van der Waals surface area contributed by atoms with Crippen LogP contribution in [0, 0.1) is 11.8 Å². The first-order chi connectivity index (χ1) is 4.81. The van der Waals surface area contributed by atoms with Crippen LogP contribution >= 0.6 is 0 Å². The zero-order valence-corrected chi connectivity index (χ0v) is 6.02. The molecule has 0 aliphatic carbocycles. The Morgan fingerprint density at radius 2 is 2.50 bits per heavy atom. The van der Waals surface area contributed by atoms with Crippen molar-refractivity contribution in [1.82, 2.24) is 0 Å². The quantitative estimate of drug-likeness (QED) is 0.332. The van der Waals surface area contributed by atoms with E-state index < -0.39 is 0 Å². The molecule has 0 saturated heterocycles. The molecule has 0 rings (SSSR count). The van der Waals surface area contributed by atoms with E-state index in [1.165, 1.54) is 6.08 Å². The Balaban J connectivity index is 3.40. The summed E-state index contributed by atoms with van der Waals surface area (Å²) in [6, 6.07) is 0. The topological polar surface area (TPSA) is 26.3 Å². The number of ether oxygens (including phenoxy) is 1. The average Bonchev–Trinajstić information content (AvgIpc) is 1.97. The van der Waals surface area contributed by atoms with Crippen LogP contribution in [0.2, 0.25) is 0 Å². The van der Waals surface area contributed by atoms with E-state index in [1.807, 2.05) is 0 Å². The van der Waals surface area contributed by atoms with Crippen molar-refractivity contribution in [2.45, 2.75) is 13.3 Å². The summed E-state index contributed by atoms with van der Waals surface area (Å²) in [6.07, 6.45) is 1.70. The molecular weight excluding hydrogens is 128 g/mol. The normalized spacial score (nSPS) is 7.30. The van der Waals surface area contributed by atoms with E-state index in [0.717, 1.165) is 0 Å². The fraction of sp³-hybridized carbons (Fsp3) is 0.375. The van der Waals surface area contributed by atoms with Crippen molar-refractivity contribution in [3.05, 3.63) is 12.7 Å². The van der Waals surface area contributed by atoms with Crippen molar-refractivity contribution < 1.29 is 9.53 Å². The van der Waals surface area contributed by atoms with Gasteiger partial charge in [0.1, 0.15) is 13.0 Å². The van der Waals surface area contributed by atoms with Crippen LogP contribution in [0.5, 0.6) is 0 Å². The third-order valence-electron chi connectivity index (χ3n) is 0.772. The third-order valence-corrected chi connectivity index (χ3v) is 0.772. The van der Waals surface area contributed by atoms with E-state index in [4.69, 9.17) is 0 Å². The van der Waals surface area contributed by atoms with Crippen molar-refractivity contribution >= 4 is 5.97 Å². The molecule has 10 heavy (non-hydrogen) atoms. The van der Waals surface area contributed by atoms with Gasteiger partial charge in [0, 0.05) is 0 Å². The smallest absolute Gasteiger partial charge is 0.318 e. The maximum atomic E-state index is 10.6. The van der Waals surface area contributed by atoms with Gasteiger partial charge < -0.3 is 4.74 Å². The molecule has 0 spiro atoms. The molecule has 0 fully saturated rings. The minimum absolute atomic E-state index is 0.171. The summed E-state index contributed by atoms with van der Waals surface area (Å²) in [5.41, 5.74) is 0. The Bertz CT molecular complexity index is 171. The first-order valence-electron chi connectivity index (χ1n) is 2.97. The molecule has 0 radical (unpaired) electrons. The molecule has 0 aliphatic rings. The predicted octanol–water partition coefficient (Wildman–Crippen LogP) is 1.13. The van der Waals surface area contributed by atoms with Gasteiger partial charge in [-0.05, 0) is 6.92 Å². The van der Waals surface area contributed by atoms with Crippen LogP contribution < -0.4 is 0 Å². The summed E-state index contributed by atoms with van der Waals surface area (Å²) in [5, 5.41) is 0. The van der Waals surface area contributed by atoms with Gasteiger partial charge in [-0.2, -0.15) is 0 Å². The monoisotopic (exact) mass is 138 g/mol. The van der Waals surface area contributed by atoms with Crippen LogP contribution in [0.3, 0.4) is 0 Å². The van der Waals surface area contributed by atoms with Gasteiger partial charge in [0.2, 0.25) is 0 Å². The standard InChI is InChI=1S/C8H10O2/c1-3-5-6-8(9)10-7-4-2/h4H,2,6-7H2,1H3. The highest BCUT2D eigenvalue weighted by molar-refractivity contribution is 5.72.